The molecule has 0 radical (unpaired) electrons. The number of para-hydroxylation sites is 1. The highest BCUT2D eigenvalue weighted by Crippen LogP contribution is 2.26. The monoisotopic (exact) mass is 211 g/mol. The SMILES string of the molecule is CSc1ccccc1OCCCCN. The van der Waals surface area contributed by atoms with Crippen molar-refractivity contribution in [2.75, 3.05) is 19.4 Å². The highest BCUT2D eigenvalue weighted by atomic mass is 32.2. The van der Waals surface area contributed by atoms with Crippen LogP contribution in [0.4, 0.5) is 0 Å². The van der Waals surface area contributed by atoms with Gasteiger partial charge in [0.1, 0.15) is 5.75 Å². The Morgan fingerprint density at radius 1 is 1.29 bits per heavy atom. The van der Waals surface area contributed by atoms with Crippen molar-refractivity contribution in [3.05, 3.63) is 24.3 Å². The van der Waals surface area contributed by atoms with Gasteiger partial charge in [0.2, 0.25) is 0 Å². The lowest BCUT2D eigenvalue weighted by atomic mass is 10.3. The summed E-state index contributed by atoms with van der Waals surface area (Å²) in [5, 5.41) is 0. The Hall–Kier alpha value is -0.670. The normalized spacial score (nSPS) is 10.1. The molecule has 0 saturated carbocycles. The molecule has 0 fully saturated rings. The standard InChI is InChI=1S/C11H17NOS/c1-14-11-7-3-2-6-10(11)13-9-5-4-8-12/h2-3,6-7H,4-5,8-9,12H2,1H3. The van der Waals surface area contributed by atoms with E-state index in [-0.39, 0.29) is 0 Å². The fourth-order valence-corrected chi connectivity index (χ4v) is 1.71. The summed E-state index contributed by atoms with van der Waals surface area (Å²) in [6.45, 7) is 1.50. The molecule has 14 heavy (non-hydrogen) atoms. The first-order valence-electron chi connectivity index (χ1n) is 4.84. The van der Waals surface area contributed by atoms with Crippen molar-refractivity contribution in [3.63, 3.8) is 0 Å². The molecule has 0 amide bonds. The summed E-state index contributed by atoms with van der Waals surface area (Å²) in [7, 11) is 0. The molecule has 3 heteroatoms. The molecular weight excluding hydrogens is 194 g/mol. The van der Waals surface area contributed by atoms with E-state index in [0.717, 1.165) is 31.7 Å². The first-order chi connectivity index (χ1) is 6.88. The minimum atomic E-state index is 0.744. The van der Waals surface area contributed by atoms with Gasteiger partial charge in [-0.15, -0.1) is 11.8 Å². The number of thioether (sulfide) groups is 1. The first kappa shape index (κ1) is 11.4. The highest BCUT2D eigenvalue weighted by Gasteiger charge is 1.99. The Kier molecular flexibility index (Phi) is 5.49. The van der Waals surface area contributed by atoms with Gasteiger partial charge in [-0.05, 0) is 37.8 Å². The van der Waals surface area contributed by atoms with Gasteiger partial charge in [-0.2, -0.15) is 0 Å². The van der Waals surface area contributed by atoms with Gasteiger partial charge in [-0.25, -0.2) is 0 Å². The van der Waals surface area contributed by atoms with Crippen LogP contribution in [0.1, 0.15) is 12.8 Å². The molecule has 0 bridgehead atoms. The lowest BCUT2D eigenvalue weighted by molar-refractivity contribution is 0.301. The minimum absolute atomic E-state index is 0.744. The van der Waals surface area contributed by atoms with Crippen molar-refractivity contribution < 1.29 is 4.74 Å². The summed E-state index contributed by atoms with van der Waals surface area (Å²) in [6.07, 6.45) is 4.11. The highest BCUT2D eigenvalue weighted by molar-refractivity contribution is 7.98. The van der Waals surface area contributed by atoms with E-state index in [1.165, 1.54) is 4.90 Å². The Morgan fingerprint density at radius 3 is 2.79 bits per heavy atom. The van der Waals surface area contributed by atoms with Crippen LogP contribution in [-0.2, 0) is 0 Å². The summed E-state index contributed by atoms with van der Waals surface area (Å²) in [5.74, 6) is 0.983. The smallest absolute Gasteiger partial charge is 0.132 e. The van der Waals surface area contributed by atoms with E-state index in [2.05, 4.69) is 12.3 Å². The third-order valence-corrected chi connectivity index (χ3v) is 2.70. The predicted molar refractivity (Wildman–Crippen MR) is 62.0 cm³/mol. The van der Waals surface area contributed by atoms with Crippen molar-refractivity contribution in [2.45, 2.75) is 17.7 Å². The molecule has 1 rings (SSSR count). The summed E-state index contributed by atoms with van der Waals surface area (Å²) in [4.78, 5) is 1.19. The molecule has 2 nitrogen and oxygen atoms in total. The first-order valence-corrected chi connectivity index (χ1v) is 6.07. The molecule has 0 unspecified atom stereocenters. The number of hydrogen-bond donors (Lipinski definition) is 1. The molecule has 0 aliphatic carbocycles. The van der Waals surface area contributed by atoms with Crippen molar-refractivity contribution in [3.8, 4) is 5.75 Å². The van der Waals surface area contributed by atoms with Gasteiger partial charge in [0.05, 0.1) is 6.61 Å². The van der Waals surface area contributed by atoms with Gasteiger partial charge in [0, 0.05) is 4.90 Å². The lowest BCUT2D eigenvalue weighted by Gasteiger charge is -2.08. The summed E-state index contributed by atoms with van der Waals surface area (Å²) in [5.41, 5.74) is 5.40. The second-order valence-electron chi connectivity index (χ2n) is 3.00. The van der Waals surface area contributed by atoms with Crippen LogP contribution >= 0.6 is 11.8 Å². The van der Waals surface area contributed by atoms with Crippen LogP contribution in [0.5, 0.6) is 5.75 Å². The van der Waals surface area contributed by atoms with Crippen LogP contribution in [0.25, 0.3) is 0 Å². The van der Waals surface area contributed by atoms with Gasteiger partial charge in [0.15, 0.2) is 0 Å². The molecular formula is C11H17NOS. The largest absolute Gasteiger partial charge is 0.492 e. The molecule has 0 heterocycles. The Labute approximate surface area is 89.8 Å². The van der Waals surface area contributed by atoms with E-state index in [1.54, 1.807) is 11.8 Å². The van der Waals surface area contributed by atoms with Crippen LogP contribution in [0.15, 0.2) is 29.2 Å². The topological polar surface area (TPSA) is 35.2 Å². The fourth-order valence-electron chi connectivity index (χ4n) is 1.17. The van der Waals surface area contributed by atoms with E-state index in [1.807, 2.05) is 18.2 Å². The van der Waals surface area contributed by atoms with E-state index < -0.39 is 0 Å². The van der Waals surface area contributed by atoms with Crippen LogP contribution in [0.3, 0.4) is 0 Å². The van der Waals surface area contributed by atoms with Crippen LogP contribution in [0.2, 0.25) is 0 Å². The number of rotatable bonds is 6. The van der Waals surface area contributed by atoms with Crippen molar-refractivity contribution >= 4 is 11.8 Å². The molecule has 0 saturated heterocycles. The Bertz CT molecular complexity index is 265. The second-order valence-corrected chi connectivity index (χ2v) is 3.84. The van der Waals surface area contributed by atoms with E-state index in [0.29, 0.717) is 0 Å². The van der Waals surface area contributed by atoms with Crippen molar-refractivity contribution in [2.24, 2.45) is 5.73 Å². The third-order valence-electron chi connectivity index (χ3n) is 1.93. The molecule has 78 valence electrons. The number of unbranched alkanes of at least 4 members (excludes halogenated alkanes) is 1. The fraction of sp³-hybridized carbons (Fsp3) is 0.455. The molecule has 0 aromatic heterocycles. The number of benzene rings is 1. The number of nitrogens with two attached hydrogens (primary N) is 1. The van der Waals surface area contributed by atoms with Crippen LogP contribution in [-0.4, -0.2) is 19.4 Å². The molecule has 0 atom stereocenters. The summed E-state index contributed by atoms with van der Waals surface area (Å²) < 4.78 is 5.65. The zero-order valence-corrected chi connectivity index (χ0v) is 9.35. The average Bonchev–Trinajstić information content (AvgIpc) is 2.25. The maximum atomic E-state index is 5.65. The van der Waals surface area contributed by atoms with E-state index in [9.17, 15) is 0 Å². The molecule has 0 aliphatic heterocycles. The molecule has 1 aromatic rings. The Morgan fingerprint density at radius 2 is 2.07 bits per heavy atom. The predicted octanol–water partition coefficient (Wildman–Crippen LogP) is 2.53. The maximum absolute atomic E-state index is 5.65. The molecule has 2 N–H and O–H groups in total. The quantitative estimate of drug-likeness (QED) is 0.580. The van der Waals surface area contributed by atoms with Gasteiger partial charge in [-0.3, -0.25) is 0 Å². The number of hydrogen-bond acceptors (Lipinski definition) is 3. The summed E-state index contributed by atoms with van der Waals surface area (Å²) in [6, 6.07) is 8.10. The van der Waals surface area contributed by atoms with Crippen molar-refractivity contribution in [1.82, 2.24) is 0 Å². The third kappa shape index (κ3) is 3.60. The second kappa shape index (κ2) is 6.74. The van der Waals surface area contributed by atoms with Gasteiger partial charge in [-0.1, -0.05) is 12.1 Å². The number of ether oxygens (including phenoxy) is 1. The molecule has 1 aromatic carbocycles. The van der Waals surface area contributed by atoms with Gasteiger partial charge < -0.3 is 10.5 Å². The zero-order valence-electron chi connectivity index (χ0n) is 8.53. The Balaban J connectivity index is 2.41. The van der Waals surface area contributed by atoms with Crippen molar-refractivity contribution in [1.29, 1.82) is 0 Å². The van der Waals surface area contributed by atoms with Crippen LogP contribution < -0.4 is 10.5 Å². The molecule has 0 spiro atoms. The van der Waals surface area contributed by atoms with Crippen LogP contribution in [0, 0.1) is 0 Å². The van der Waals surface area contributed by atoms with E-state index >= 15 is 0 Å². The summed E-state index contributed by atoms with van der Waals surface area (Å²) >= 11 is 1.71. The average molecular weight is 211 g/mol. The molecule has 0 aliphatic rings. The lowest BCUT2D eigenvalue weighted by Crippen LogP contribution is -2.03. The maximum Gasteiger partial charge on any atom is 0.132 e. The van der Waals surface area contributed by atoms with E-state index in [4.69, 9.17) is 10.5 Å². The zero-order chi connectivity index (χ0) is 10.2. The van der Waals surface area contributed by atoms with Gasteiger partial charge in [0.25, 0.3) is 0 Å². The van der Waals surface area contributed by atoms with Gasteiger partial charge >= 0.3 is 0 Å². The minimum Gasteiger partial charge on any atom is -0.492 e.